The summed E-state index contributed by atoms with van der Waals surface area (Å²) in [4.78, 5) is 2.45. The summed E-state index contributed by atoms with van der Waals surface area (Å²) in [6.45, 7) is 3.53. The van der Waals surface area contributed by atoms with Crippen LogP contribution in [0.15, 0.2) is 54.6 Å². The van der Waals surface area contributed by atoms with Gasteiger partial charge in [-0.2, -0.15) is 0 Å². The standard InChI is InChI=1S/C21H28N2O2/c1-25-20-9-5-8-19(16-20)22-17-21(24)11-14-23(15-12-21)13-10-18-6-3-2-4-7-18/h2-9,16,22,24H,10-15,17H2,1H3. The van der Waals surface area contributed by atoms with Crippen LogP contribution in [0.1, 0.15) is 18.4 Å². The minimum atomic E-state index is -0.633. The molecule has 25 heavy (non-hydrogen) atoms. The maximum atomic E-state index is 10.8. The lowest BCUT2D eigenvalue weighted by atomic mass is 9.91. The molecular weight excluding hydrogens is 312 g/mol. The van der Waals surface area contributed by atoms with Crippen LogP contribution < -0.4 is 10.1 Å². The summed E-state index contributed by atoms with van der Waals surface area (Å²) in [5, 5.41) is 14.2. The van der Waals surface area contributed by atoms with Crippen LogP contribution >= 0.6 is 0 Å². The number of nitrogens with zero attached hydrogens (tertiary/aromatic N) is 1. The summed E-state index contributed by atoms with van der Waals surface area (Å²) in [6.07, 6.45) is 2.68. The van der Waals surface area contributed by atoms with Crippen LogP contribution in [-0.4, -0.2) is 48.9 Å². The molecule has 4 heteroatoms. The number of rotatable bonds is 7. The molecule has 0 bridgehead atoms. The third kappa shape index (κ3) is 5.21. The molecule has 4 nitrogen and oxygen atoms in total. The highest BCUT2D eigenvalue weighted by Gasteiger charge is 2.31. The molecule has 0 aromatic heterocycles. The quantitative estimate of drug-likeness (QED) is 0.813. The summed E-state index contributed by atoms with van der Waals surface area (Å²) in [5.41, 5.74) is 1.73. The Hall–Kier alpha value is -2.04. The predicted octanol–water partition coefficient (Wildman–Crippen LogP) is 3.18. The molecule has 0 atom stereocenters. The number of hydrogen-bond donors (Lipinski definition) is 2. The van der Waals surface area contributed by atoms with Gasteiger partial charge >= 0.3 is 0 Å². The van der Waals surface area contributed by atoms with E-state index >= 15 is 0 Å². The van der Waals surface area contributed by atoms with Gasteiger partial charge in [0.2, 0.25) is 0 Å². The van der Waals surface area contributed by atoms with Crippen LogP contribution in [0.5, 0.6) is 5.75 Å². The van der Waals surface area contributed by atoms with Gasteiger partial charge in [-0.25, -0.2) is 0 Å². The van der Waals surface area contributed by atoms with Crippen LogP contribution in [0.2, 0.25) is 0 Å². The van der Waals surface area contributed by atoms with Crippen molar-refractivity contribution < 1.29 is 9.84 Å². The number of methoxy groups -OCH3 is 1. The van der Waals surface area contributed by atoms with Gasteiger partial charge < -0.3 is 20.1 Å². The second-order valence-electron chi connectivity index (χ2n) is 6.89. The number of hydrogen-bond acceptors (Lipinski definition) is 4. The molecule has 1 fully saturated rings. The average molecular weight is 340 g/mol. The largest absolute Gasteiger partial charge is 0.497 e. The Kier molecular flexibility index (Phi) is 5.95. The second-order valence-corrected chi connectivity index (χ2v) is 6.89. The summed E-state index contributed by atoms with van der Waals surface area (Å²) < 4.78 is 5.24. The molecule has 1 aliphatic heterocycles. The fourth-order valence-corrected chi connectivity index (χ4v) is 3.30. The molecule has 3 rings (SSSR count). The molecule has 0 unspecified atom stereocenters. The number of ether oxygens (including phenoxy) is 1. The number of anilines is 1. The molecule has 2 aromatic carbocycles. The molecule has 0 amide bonds. The fraction of sp³-hybridized carbons (Fsp3) is 0.429. The number of aliphatic hydroxyl groups is 1. The molecule has 1 heterocycles. The highest BCUT2D eigenvalue weighted by atomic mass is 16.5. The van der Waals surface area contributed by atoms with Gasteiger partial charge in [0.05, 0.1) is 12.7 Å². The van der Waals surface area contributed by atoms with Gasteiger partial charge in [-0.1, -0.05) is 36.4 Å². The van der Waals surface area contributed by atoms with Crippen molar-refractivity contribution in [2.45, 2.75) is 24.9 Å². The molecule has 134 valence electrons. The number of piperidine rings is 1. The SMILES string of the molecule is COc1cccc(NCC2(O)CCN(CCc3ccccc3)CC2)c1. The van der Waals surface area contributed by atoms with Gasteiger partial charge in [0.25, 0.3) is 0 Å². The lowest BCUT2D eigenvalue weighted by Crippen LogP contribution is -2.48. The van der Waals surface area contributed by atoms with Gasteiger partial charge in [-0.05, 0) is 37.0 Å². The zero-order valence-electron chi connectivity index (χ0n) is 14.9. The van der Waals surface area contributed by atoms with Gasteiger partial charge in [-0.15, -0.1) is 0 Å². The Morgan fingerprint density at radius 2 is 1.84 bits per heavy atom. The maximum Gasteiger partial charge on any atom is 0.120 e. The minimum absolute atomic E-state index is 0.576. The van der Waals surface area contributed by atoms with E-state index in [0.717, 1.165) is 50.3 Å². The first-order valence-electron chi connectivity index (χ1n) is 9.03. The van der Waals surface area contributed by atoms with E-state index in [1.54, 1.807) is 7.11 Å². The lowest BCUT2D eigenvalue weighted by molar-refractivity contribution is -0.00971. The summed E-state index contributed by atoms with van der Waals surface area (Å²) in [6, 6.07) is 18.4. The molecular formula is C21H28N2O2. The lowest BCUT2D eigenvalue weighted by Gasteiger charge is -2.38. The molecule has 0 saturated carbocycles. The third-order valence-corrected chi connectivity index (χ3v) is 5.04. The Morgan fingerprint density at radius 3 is 2.56 bits per heavy atom. The summed E-state index contributed by atoms with van der Waals surface area (Å²) >= 11 is 0. The zero-order chi connectivity index (χ0) is 17.5. The molecule has 0 spiro atoms. The topological polar surface area (TPSA) is 44.7 Å². The van der Waals surface area contributed by atoms with Crippen molar-refractivity contribution in [3.05, 3.63) is 60.2 Å². The van der Waals surface area contributed by atoms with E-state index in [4.69, 9.17) is 4.74 Å². The Balaban J connectivity index is 1.44. The number of nitrogens with one attached hydrogen (secondary N) is 1. The monoisotopic (exact) mass is 340 g/mol. The van der Waals surface area contributed by atoms with Crippen LogP contribution in [0.25, 0.3) is 0 Å². The van der Waals surface area contributed by atoms with Gasteiger partial charge in [0.1, 0.15) is 5.75 Å². The number of likely N-dealkylation sites (tertiary alicyclic amines) is 1. The smallest absolute Gasteiger partial charge is 0.120 e. The van der Waals surface area contributed by atoms with Crippen molar-refractivity contribution in [3.8, 4) is 5.75 Å². The maximum absolute atomic E-state index is 10.8. The first kappa shape index (κ1) is 17.8. The molecule has 1 saturated heterocycles. The summed E-state index contributed by atoms with van der Waals surface area (Å²) in [5.74, 6) is 0.827. The Morgan fingerprint density at radius 1 is 1.08 bits per heavy atom. The van der Waals surface area contributed by atoms with Crippen molar-refractivity contribution in [2.24, 2.45) is 0 Å². The van der Waals surface area contributed by atoms with E-state index in [9.17, 15) is 5.11 Å². The Labute approximate surface area is 150 Å². The van der Waals surface area contributed by atoms with E-state index in [1.807, 2.05) is 24.3 Å². The van der Waals surface area contributed by atoms with Gasteiger partial charge in [0, 0.05) is 37.9 Å². The van der Waals surface area contributed by atoms with E-state index in [0.29, 0.717) is 6.54 Å². The average Bonchev–Trinajstić information content (AvgIpc) is 2.67. The van der Waals surface area contributed by atoms with E-state index in [2.05, 4.69) is 40.5 Å². The predicted molar refractivity (Wildman–Crippen MR) is 102 cm³/mol. The second kappa shape index (κ2) is 8.37. The molecule has 0 radical (unpaired) electrons. The summed E-state index contributed by atoms with van der Waals surface area (Å²) in [7, 11) is 1.66. The molecule has 2 aromatic rings. The van der Waals surface area contributed by atoms with Crippen LogP contribution in [0.4, 0.5) is 5.69 Å². The highest BCUT2D eigenvalue weighted by molar-refractivity contribution is 5.48. The van der Waals surface area contributed by atoms with Crippen LogP contribution in [0.3, 0.4) is 0 Å². The van der Waals surface area contributed by atoms with E-state index < -0.39 is 5.60 Å². The van der Waals surface area contributed by atoms with Gasteiger partial charge in [0.15, 0.2) is 0 Å². The molecule has 0 aliphatic carbocycles. The minimum Gasteiger partial charge on any atom is -0.497 e. The van der Waals surface area contributed by atoms with E-state index in [1.165, 1.54) is 5.56 Å². The normalized spacial score (nSPS) is 17.2. The van der Waals surface area contributed by atoms with Gasteiger partial charge in [-0.3, -0.25) is 0 Å². The first-order chi connectivity index (χ1) is 12.2. The van der Waals surface area contributed by atoms with E-state index in [-0.39, 0.29) is 0 Å². The first-order valence-corrected chi connectivity index (χ1v) is 9.03. The van der Waals surface area contributed by atoms with Crippen LogP contribution in [-0.2, 0) is 6.42 Å². The number of benzene rings is 2. The van der Waals surface area contributed by atoms with Crippen molar-refractivity contribution in [2.75, 3.05) is 38.6 Å². The molecule has 1 aliphatic rings. The van der Waals surface area contributed by atoms with Crippen molar-refractivity contribution >= 4 is 5.69 Å². The Bertz CT molecular complexity index is 652. The molecule has 2 N–H and O–H groups in total. The van der Waals surface area contributed by atoms with Crippen LogP contribution in [0, 0.1) is 0 Å². The fourth-order valence-electron chi connectivity index (χ4n) is 3.30. The zero-order valence-corrected chi connectivity index (χ0v) is 14.9. The van der Waals surface area contributed by atoms with Crippen molar-refractivity contribution in [1.29, 1.82) is 0 Å². The third-order valence-electron chi connectivity index (χ3n) is 5.04. The van der Waals surface area contributed by atoms with Crippen molar-refractivity contribution in [1.82, 2.24) is 4.90 Å². The van der Waals surface area contributed by atoms with Crippen molar-refractivity contribution in [3.63, 3.8) is 0 Å². The highest BCUT2D eigenvalue weighted by Crippen LogP contribution is 2.24.